The van der Waals surface area contributed by atoms with Gasteiger partial charge in [0.25, 0.3) is 0 Å². The molecular weight excluding hydrogens is 244 g/mol. The summed E-state index contributed by atoms with van der Waals surface area (Å²) in [6.07, 6.45) is 2.41. The van der Waals surface area contributed by atoms with Crippen molar-refractivity contribution in [3.8, 4) is 0 Å². The lowest BCUT2D eigenvalue weighted by Crippen LogP contribution is -2.39. The number of nitrogens with one attached hydrogen (secondary N) is 2. The summed E-state index contributed by atoms with van der Waals surface area (Å²) in [4.78, 5) is 11.2. The van der Waals surface area contributed by atoms with E-state index in [4.69, 9.17) is 10.1 Å². The normalized spacial score (nSPS) is 9.21. The Morgan fingerprint density at radius 3 is 2.16 bits per heavy atom. The maximum atomic E-state index is 11.2. The number of carbonyl (C=O) groups excluding carboxylic acids is 1. The molecular formula is C13H26N4O2. The van der Waals surface area contributed by atoms with Gasteiger partial charge in [0.15, 0.2) is 0 Å². The van der Waals surface area contributed by atoms with Gasteiger partial charge >= 0.3 is 6.09 Å². The van der Waals surface area contributed by atoms with E-state index >= 15 is 0 Å². The molecule has 0 saturated heterocycles. The molecule has 1 amide bonds. The summed E-state index contributed by atoms with van der Waals surface area (Å²) in [6, 6.07) is 1.66. The highest BCUT2D eigenvalue weighted by molar-refractivity contribution is 5.92. The first-order valence-corrected chi connectivity index (χ1v) is 6.47. The van der Waals surface area contributed by atoms with E-state index in [-0.39, 0.29) is 5.96 Å². The van der Waals surface area contributed by atoms with Crippen molar-refractivity contribution in [2.24, 2.45) is 0 Å². The fourth-order valence-electron chi connectivity index (χ4n) is 0.859. The Labute approximate surface area is 115 Å². The van der Waals surface area contributed by atoms with Crippen molar-refractivity contribution in [1.29, 1.82) is 5.41 Å². The van der Waals surface area contributed by atoms with Crippen LogP contribution in [0.2, 0.25) is 0 Å². The topological polar surface area (TPSA) is 80.0 Å². The molecule has 0 aliphatic carbocycles. The van der Waals surface area contributed by atoms with E-state index in [9.17, 15) is 4.79 Å². The van der Waals surface area contributed by atoms with Gasteiger partial charge in [0.2, 0.25) is 5.96 Å². The second kappa shape index (κ2) is 10.1. The van der Waals surface area contributed by atoms with Crippen LogP contribution in [0.5, 0.6) is 0 Å². The maximum Gasteiger partial charge on any atom is 0.414 e. The van der Waals surface area contributed by atoms with Gasteiger partial charge in [-0.2, -0.15) is 5.10 Å². The standard InChI is InChI=1S/C9H14N4O2.2C2H6/c1-9(2,3)15-8(14)12-7(10)13-6-4-5-11-13;2*1-2/h4-6H,1-3H3,(H2,10,12,14);2*1-2H3. The molecule has 110 valence electrons. The molecule has 0 fully saturated rings. The van der Waals surface area contributed by atoms with Crippen molar-refractivity contribution in [1.82, 2.24) is 15.1 Å². The molecule has 6 heteroatoms. The zero-order valence-electron chi connectivity index (χ0n) is 12.9. The molecule has 1 heterocycles. The van der Waals surface area contributed by atoms with Crippen LogP contribution in [-0.4, -0.2) is 27.4 Å². The predicted octanol–water partition coefficient (Wildman–Crippen LogP) is 3.24. The lowest BCUT2D eigenvalue weighted by Gasteiger charge is -2.19. The molecule has 0 bridgehead atoms. The van der Waals surface area contributed by atoms with Crippen LogP contribution in [0.4, 0.5) is 4.79 Å². The Hall–Kier alpha value is -1.85. The van der Waals surface area contributed by atoms with Gasteiger partial charge in [-0.05, 0) is 26.8 Å². The van der Waals surface area contributed by atoms with E-state index in [0.29, 0.717) is 0 Å². The highest BCUT2D eigenvalue weighted by atomic mass is 16.6. The quantitative estimate of drug-likeness (QED) is 0.561. The van der Waals surface area contributed by atoms with Crippen LogP contribution in [0.3, 0.4) is 0 Å². The Morgan fingerprint density at radius 2 is 1.79 bits per heavy atom. The van der Waals surface area contributed by atoms with Crippen molar-refractivity contribution in [2.75, 3.05) is 0 Å². The van der Waals surface area contributed by atoms with E-state index in [1.807, 2.05) is 27.7 Å². The van der Waals surface area contributed by atoms with Crippen molar-refractivity contribution < 1.29 is 9.53 Å². The van der Waals surface area contributed by atoms with E-state index in [2.05, 4.69) is 10.4 Å². The average Bonchev–Trinajstić information content (AvgIpc) is 2.85. The summed E-state index contributed by atoms with van der Waals surface area (Å²) >= 11 is 0. The lowest BCUT2D eigenvalue weighted by atomic mass is 10.2. The highest BCUT2D eigenvalue weighted by Gasteiger charge is 2.17. The van der Waals surface area contributed by atoms with Crippen molar-refractivity contribution in [3.05, 3.63) is 18.5 Å². The smallest absolute Gasteiger partial charge is 0.414 e. The largest absolute Gasteiger partial charge is 0.444 e. The monoisotopic (exact) mass is 270 g/mol. The summed E-state index contributed by atoms with van der Waals surface area (Å²) < 4.78 is 6.20. The van der Waals surface area contributed by atoms with Crippen LogP contribution in [0, 0.1) is 5.41 Å². The first kappa shape index (κ1) is 19.5. The number of carbonyl (C=O) groups is 1. The summed E-state index contributed by atoms with van der Waals surface area (Å²) in [5.74, 6) is -0.144. The third-order valence-corrected chi connectivity index (χ3v) is 1.35. The van der Waals surface area contributed by atoms with Gasteiger partial charge in [-0.25, -0.2) is 9.48 Å². The van der Waals surface area contributed by atoms with E-state index in [1.165, 1.54) is 10.9 Å². The molecule has 0 aromatic carbocycles. The third kappa shape index (κ3) is 9.82. The molecule has 0 spiro atoms. The van der Waals surface area contributed by atoms with Crippen LogP contribution < -0.4 is 5.32 Å². The summed E-state index contributed by atoms with van der Waals surface area (Å²) in [5.41, 5.74) is -0.575. The Bertz CT molecular complexity index is 353. The molecule has 1 aromatic heterocycles. The maximum absolute atomic E-state index is 11.2. The van der Waals surface area contributed by atoms with Gasteiger partial charge in [-0.1, -0.05) is 27.7 Å². The Morgan fingerprint density at radius 1 is 1.26 bits per heavy atom. The number of aromatic nitrogens is 2. The first-order valence-electron chi connectivity index (χ1n) is 6.47. The van der Waals surface area contributed by atoms with Crippen molar-refractivity contribution >= 4 is 12.1 Å². The van der Waals surface area contributed by atoms with Gasteiger partial charge in [-0.15, -0.1) is 0 Å². The molecule has 0 aliphatic heterocycles. The number of ether oxygens (including phenoxy) is 1. The van der Waals surface area contributed by atoms with Gasteiger partial charge < -0.3 is 4.74 Å². The van der Waals surface area contributed by atoms with E-state index in [0.717, 1.165) is 0 Å². The van der Waals surface area contributed by atoms with Gasteiger partial charge in [0.05, 0.1) is 0 Å². The molecule has 1 rings (SSSR count). The minimum Gasteiger partial charge on any atom is -0.444 e. The van der Waals surface area contributed by atoms with Gasteiger partial charge in [0.1, 0.15) is 5.60 Å². The fraction of sp³-hybridized carbons (Fsp3) is 0.615. The van der Waals surface area contributed by atoms with Crippen LogP contribution >= 0.6 is 0 Å². The SMILES string of the molecule is CC.CC.CC(C)(C)OC(=O)NC(=N)n1cccn1. The van der Waals surface area contributed by atoms with E-state index in [1.54, 1.807) is 33.0 Å². The average molecular weight is 270 g/mol. The van der Waals surface area contributed by atoms with Crippen molar-refractivity contribution in [2.45, 2.75) is 54.1 Å². The third-order valence-electron chi connectivity index (χ3n) is 1.35. The molecule has 1 aromatic rings. The first-order chi connectivity index (χ1) is 8.88. The van der Waals surface area contributed by atoms with E-state index < -0.39 is 11.7 Å². The minimum atomic E-state index is -0.664. The summed E-state index contributed by atoms with van der Waals surface area (Å²) in [7, 11) is 0. The number of alkyl carbamates (subject to hydrolysis) is 1. The lowest BCUT2D eigenvalue weighted by molar-refractivity contribution is 0.0561. The molecule has 0 aliphatic rings. The molecule has 0 radical (unpaired) electrons. The highest BCUT2D eigenvalue weighted by Crippen LogP contribution is 2.06. The minimum absolute atomic E-state index is 0.144. The van der Waals surface area contributed by atoms with Crippen LogP contribution in [0.25, 0.3) is 0 Å². The van der Waals surface area contributed by atoms with Gasteiger partial charge in [0, 0.05) is 12.4 Å². The number of rotatable bonds is 0. The fourth-order valence-corrected chi connectivity index (χ4v) is 0.859. The molecule has 0 saturated carbocycles. The second-order valence-corrected chi connectivity index (χ2v) is 3.93. The zero-order chi connectivity index (χ0) is 15.5. The molecule has 0 unspecified atom stereocenters. The molecule has 2 N–H and O–H groups in total. The van der Waals surface area contributed by atoms with Gasteiger partial charge in [-0.3, -0.25) is 10.7 Å². The Balaban J connectivity index is 0. The van der Waals surface area contributed by atoms with Crippen LogP contribution in [0.15, 0.2) is 18.5 Å². The molecule has 19 heavy (non-hydrogen) atoms. The molecule has 6 nitrogen and oxygen atoms in total. The number of amides is 1. The van der Waals surface area contributed by atoms with Crippen molar-refractivity contribution in [3.63, 3.8) is 0 Å². The van der Waals surface area contributed by atoms with Crippen LogP contribution in [-0.2, 0) is 4.74 Å². The number of hydrogen-bond acceptors (Lipinski definition) is 4. The number of hydrogen-bond donors (Lipinski definition) is 2. The molecule has 0 atom stereocenters. The summed E-state index contributed by atoms with van der Waals surface area (Å²) in [6.45, 7) is 13.3. The second-order valence-electron chi connectivity index (χ2n) is 3.93. The number of nitrogens with zero attached hydrogens (tertiary/aromatic N) is 2. The summed E-state index contributed by atoms with van der Waals surface area (Å²) in [5, 5.41) is 13.5. The predicted molar refractivity (Wildman–Crippen MR) is 77.4 cm³/mol. The zero-order valence-corrected chi connectivity index (χ0v) is 12.9. The Kier molecular flexibility index (Phi) is 10.4. The van der Waals surface area contributed by atoms with Crippen LogP contribution in [0.1, 0.15) is 48.5 Å².